The Bertz CT molecular complexity index is 373. The van der Waals surface area contributed by atoms with E-state index < -0.39 is 17.9 Å². The van der Waals surface area contributed by atoms with Crippen LogP contribution in [0.3, 0.4) is 0 Å². The Labute approximate surface area is 101 Å². The van der Waals surface area contributed by atoms with Crippen molar-refractivity contribution in [2.45, 2.75) is 19.9 Å². The van der Waals surface area contributed by atoms with Crippen molar-refractivity contribution in [1.82, 2.24) is 0 Å². The summed E-state index contributed by atoms with van der Waals surface area (Å²) in [6, 6.07) is 6.69. The second-order valence-electron chi connectivity index (χ2n) is 4.41. The fourth-order valence-corrected chi connectivity index (χ4v) is 1.89. The van der Waals surface area contributed by atoms with Gasteiger partial charge in [-0.1, -0.05) is 26.0 Å². The van der Waals surface area contributed by atoms with Crippen molar-refractivity contribution in [3.8, 4) is 5.75 Å². The molecule has 0 heterocycles. The minimum absolute atomic E-state index is 0.00963. The predicted octanol–water partition coefficient (Wildman–Crippen LogP) is 2.05. The summed E-state index contributed by atoms with van der Waals surface area (Å²) < 4.78 is 5.05. The van der Waals surface area contributed by atoms with Crippen LogP contribution in [0.15, 0.2) is 24.3 Å². The number of methoxy groups -OCH3 is 1. The van der Waals surface area contributed by atoms with Crippen LogP contribution in [0.25, 0.3) is 0 Å². The van der Waals surface area contributed by atoms with Crippen LogP contribution in [0.4, 0.5) is 0 Å². The standard InChI is InChI=1S/C13H19NO3/c1-8(2)11(13(15)16)12(14)9-4-6-10(17-3)7-5-9/h4-8,11-12H,14H2,1-3H3,(H,15,16). The highest BCUT2D eigenvalue weighted by Gasteiger charge is 2.29. The highest BCUT2D eigenvalue weighted by molar-refractivity contribution is 5.71. The molecule has 4 nitrogen and oxygen atoms in total. The lowest BCUT2D eigenvalue weighted by Gasteiger charge is -2.23. The third kappa shape index (κ3) is 3.20. The first-order valence-electron chi connectivity index (χ1n) is 5.59. The average molecular weight is 237 g/mol. The number of hydrogen-bond donors (Lipinski definition) is 2. The Morgan fingerprint density at radius 1 is 1.29 bits per heavy atom. The van der Waals surface area contributed by atoms with Gasteiger partial charge in [0.05, 0.1) is 13.0 Å². The monoisotopic (exact) mass is 237 g/mol. The highest BCUT2D eigenvalue weighted by atomic mass is 16.5. The maximum absolute atomic E-state index is 11.2. The quantitative estimate of drug-likeness (QED) is 0.822. The topological polar surface area (TPSA) is 72.5 Å². The maximum atomic E-state index is 11.2. The van der Waals surface area contributed by atoms with Crippen molar-refractivity contribution in [2.75, 3.05) is 7.11 Å². The maximum Gasteiger partial charge on any atom is 0.308 e. The van der Waals surface area contributed by atoms with Gasteiger partial charge in [0.15, 0.2) is 0 Å². The molecule has 17 heavy (non-hydrogen) atoms. The van der Waals surface area contributed by atoms with Crippen LogP contribution in [0.2, 0.25) is 0 Å². The molecule has 0 aliphatic heterocycles. The Morgan fingerprint density at radius 3 is 2.18 bits per heavy atom. The van der Waals surface area contributed by atoms with E-state index in [1.54, 1.807) is 19.2 Å². The molecular weight excluding hydrogens is 218 g/mol. The SMILES string of the molecule is COc1ccc(C(N)C(C(=O)O)C(C)C)cc1. The van der Waals surface area contributed by atoms with E-state index in [2.05, 4.69) is 0 Å². The Hall–Kier alpha value is -1.55. The molecule has 1 aromatic carbocycles. The van der Waals surface area contributed by atoms with Gasteiger partial charge in [-0.05, 0) is 23.6 Å². The fraction of sp³-hybridized carbons (Fsp3) is 0.462. The van der Waals surface area contributed by atoms with Gasteiger partial charge in [-0.2, -0.15) is 0 Å². The Kier molecular flexibility index (Phi) is 4.52. The smallest absolute Gasteiger partial charge is 0.308 e. The van der Waals surface area contributed by atoms with Gasteiger partial charge in [-0.3, -0.25) is 4.79 Å². The molecule has 2 unspecified atom stereocenters. The predicted molar refractivity (Wildman–Crippen MR) is 65.9 cm³/mol. The lowest BCUT2D eigenvalue weighted by atomic mass is 9.85. The number of carbonyl (C=O) groups is 1. The molecule has 0 saturated carbocycles. The first kappa shape index (κ1) is 13.5. The molecular formula is C13H19NO3. The number of carboxylic acid groups (broad SMARTS) is 1. The molecule has 0 aliphatic rings. The molecule has 1 rings (SSSR count). The van der Waals surface area contributed by atoms with E-state index in [1.165, 1.54) is 0 Å². The van der Waals surface area contributed by atoms with Crippen molar-refractivity contribution in [1.29, 1.82) is 0 Å². The summed E-state index contributed by atoms with van der Waals surface area (Å²) in [5, 5.41) is 9.17. The van der Waals surface area contributed by atoms with Gasteiger partial charge >= 0.3 is 5.97 Å². The number of hydrogen-bond acceptors (Lipinski definition) is 3. The minimum atomic E-state index is -0.858. The molecule has 0 fully saturated rings. The fourth-order valence-electron chi connectivity index (χ4n) is 1.89. The molecule has 0 aliphatic carbocycles. The average Bonchev–Trinajstić information content (AvgIpc) is 2.28. The Balaban J connectivity index is 2.93. The van der Waals surface area contributed by atoms with Crippen LogP contribution in [0.1, 0.15) is 25.5 Å². The van der Waals surface area contributed by atoms with Crippen molar-refractivity contribution in [3.63, 3.8) is 0 Å². The van der Waals surface area contributed by atoms with E-state index >= 15 is 0 Å². The highest BCUT2D eigenvalue weighted by Crippen LogP contribution is 2.27. The van der Waals surface area contributed by atoms with Gasteiger partial charge in [0, 0.05) is 6.04 Å². The molecule has 0 bridgehead atoms. The van der Waals surface area contributed by atoms with E-state index in [1.807, 2.05) is 26.0 Å². The van der Waals surface area contributed by atoms with Crippen LogP contribution >= 0.6 is 0 Å². The molecule has 3 N–H and O–H groups in total. The van der Waals surface area contributed by atoms with E-state index in [9.17, 15) is 9.90 Å². The second-order valence-corrected chi connectivity index (χ2v) is 4.41. The summed E-state index contributed by atoms with van der Waals surface area (Å²) in [7, 11) is 1.59. The van der Waals surface area contributed by atoms with E-state index in [-0.39, 0.29) is 5.92 Å². The summed E-state index contributed by atoms with van der Waals surface area (Å²) in [5.41, 5.74) is 6.82. The number of aliphatic carboxylic acids is 1. The zero-order valence-electron chi connectivity index (χ0n) is 10.4. The number of rotatable bonds is 5. The lowest BCUT2D eigenvalue weighted by molar-refractivity contribution is -0.144. The zero-order chi connectivity index (χ0) is 13.0. The summed E-state index contributed by atoms with van der Waals surface area (Å²) in [6.07, 6.45) is 0. The van der Waals surface area contributed by atoms with Crippen molar-refractivity contribution < 1.29 is 14.6 Å². The minimum Gasteiger partial charge on any atom is -0.497 e. The number of nitrogens with two attached hydrogens (primary N) is 1. The van der Waals surface area contributed by atoms with Crippen molar-refractivity contribution in [2.24, 2.45) is 17.6 Å². The van der Waals surface area contributed by atoms with E-state index in [0.29, 0.717) is 0 Å². The van der Waals surface area contributed by atoms with Crippen LogP contribution in [0, 0.1) is 11.8 Å². The van der Waals surface area contributed by atoms with Gasteiger partial charge in [0.1, 0.15) is 5.75 Å². The third-order valence-electron chi connectivity index (χ3n) is 2.89. The van der Waals surface area contributed by atoms with E-state index in [4.69, 9.17) is 10.5 Å². The van der Waals surface area contributed by atoms with Crippen molar-refractivity contribution in [3.05, 3.63) is 29.8 Å². The van der Waals surface area contributed by atoms with Crippen LogP contribution in [-0.2, 0) is 4.79 Å². The normalized spacial score (nSPS) is 14.4. The van der Waals surface area contributed by atoms with Crippen LogP contribution in [0.5, 0.6) is 5.75 Å². The molecule has 0 radical (unpaired) electrons. The van der Waals surface area contributed by atoms with Gasteiger partial charge in [0.2, 0.25) is 0 Å². The Morgan fingerprint density at radius 2 is 1.82 bits per heavy atom. The summed E-state index contributed by atoms with van der Waals surface area (Å²) >= 11 is 0. The second kappa shape index (κ2) is 5.68. The van der Waals surface area contributed by atoms with Crippen LogP contribution < -0.4 is 10.5 Å². The number of carboxylic acids is 1. The molecule has 0 spiro atoms. The van der Waals surface area contributed by atoms with Crippen LogP contribution in [-0.4, -0.2) is 18.2 Å². The van der Waals surface area contributed by atoms with Gasteiger partial charge in [0.25, 0.3) is 0 Å². The molecule has 1 aromatic rings. The number of benzene rings is 1. The largest absolute Gasteiger partial charge is 0.497 e. The summed E-state index contributed by atoms with van der Waals surface area (Å²) in [6.45, 7) is 3.73. The molecule has 0 aromatic heterocycles. The molecule has 2 atom stereocenters. The molecule has 94 valence electrons. The van der Waals surface area contributed by atoms with Crippen molar-refractivity contribution >= 4 is 5.97 Å². The molecule has 0 saturated heterocycles. The first-order chi connectivity index (χ1) is 7.97. The molecule has 4 heteroatoms. The summed E-state index contributed by atoms with van der Waals surface area (Å²) in [4.78, 5) is 11.2. The zero-order valence-corrected chi connectivity index (χ0v) is 10.4. The van der Waals surface area contributed by atoms with Gasteiger partial charge in [-0.15, -0.1) is 0 Å². The van der Waals surface area contributed by atoms with Gasteiger partial charge in [-0.25, -0.2) is 0 Å². The third-order valence-corrected chi connectivity index (χ3v) is 2.89. The molecule has 0 amide bonds. The lowest BCUT2D eigenvalue weighted by Crippen LogP contribution is -2.32. The van der Waals surface area contributed by atoms with Gasteiger partial charge < -0.3 is 15.6 Å². The number of ether oxygens (including phenoxy) is 1. The first-order valence-corrected chi connectivity index (χ1v) is 5.59. The van der Waals surface area contributed by atoms with E-state index in [0.717, 1.165) is 11.3 Å². The summed E-state index contributed by atoms with van der Waals surface area (Å²) in [5.74, 6) is -0.714.